The van der Waals surface area contributed by atoms with Gasteiger partial charge in [0.25, 0.3) is 0 Å². The monoisotopic (exact) mass is 223 g/mol. The molecule has 12 heavy (non-hydrogen) atoms. The van der Waals surface area contributed by atoms with E-state index in [2.05, 4.69) is 15.3 Å². The summed E-state index contributed by atoms with van der Waals surface area (Å²) in [6.07, 6.45) is 0. The molecule has 0 aromatic carbocycles. The summed E-state index contributed by atoms with van der Waals surface area (Å²) >= 11 is 17.3. The molecule has 3 nitrogen and oxygen atoms in total. The number of fused-ring (bicyclic) bond motifs is 1. The third kappa shape index (κ3) is 1.22. The van der Waals surface area contributed by atoms with Gasteiger partial charge < -0.3 is 5.32 Å². The highest BCUT2D eigenvalue weighted by Gasteiger charge is 2.25. The van der Waals surface area contributed by atoms with Gasteiger partial charge >= 0.3 is 0 Å². The van der Waals surface area contributed by atoms with E-state index in [4.69, 9.17) is 34.8 Å². The van der Waals surface area contributed by atoms with Crippen LogP contribution in [0.4, 0.5) is 5.82 Å². The van der Waals surface area contributed by atoms with Gasteiger partial charge in [-0.2, -0.15) is 0 Å². The summed E-state index contributed by atoms with van der Waals surface area (Å²) in [6.45, 7) is 0.617. The fourth-order valence-corrected chi connectivity index (χ4v) is 1.97. The Balaban J connectivity index is 2.60. The predicted molar refractivity (Wildman–Crippen MR) is 49.1 cm³/mol. The van der Waals surface area contributed by atoms with Crippen LogP contribution >= 0.6 is 34.8 Å². The molecule has 0 bridgehead atoms. The molecular weight excluding hydrogens is 220 g/mol. The van der Waals surface area contributed by atoms with Gasteiger partial charge in [0.15, 0.2) is 0 Å². The number of aromatic nitrogens is 2. The van der Waals surface area contributed by atoms with Crippen molar-refractivity contribution in [2.24, 2.45) is 0 Å². The van der Waals surface area contributed by atoms with Crippen LogP contribution in [0.25, 0.3) is 0 Å². The highest BCUT2D eigenvalue weighted by molar-refractivity contribution is 6.34. The van der Waals surface area contributed by atoms with E-state index in [1.54, 1.807) is 0 Å². The van der Waals surface area contributed by atoms with E-state index >= 15 is 0 Å². The van der Waals surface area contributed by atoms with Crippen LogP contribution in [-0.4, -0.2) is 16.5 Å². The van der Waals surface area contributed by atoms with Gasteiger partial charge in [-0.25, -0.2) is 9.97 Å². The van der Waals surface area contributed by atoms with Crippen LogP contribution in [-0.2, 0) is 0 Å². The first-order chi connectivity index (χ1) is 5.68. The maximum absolute atomic E-state index is 5.93. The lowest BCUT2D eigenvalue weighted by Gasteiger charge is -2.01. The average molecular weight is 224 g/mol. The summed E-state index contributed by atoms with van der Waals surface area (Å²) in [5, 5.41) is 3.28. The molecule has 1 aliphatic heterocycles. The standard InChI is InChI=1S/C6H4Cl3N3/c7-2-1-10-5-3(2)4(8)11-6(9)12-5/h2H,1H2,(H,10,11,12). The Morgan fingerprint density at radius 3 is 2.83 bits per heavy atom. The first-order valence-corrected chi connectivity index (χ1v) is 4.48. The zero-order valence-electron chi connectivity index (χ0n) is 5.81. The molecule has 0 saturated heterocycles. The van der Waals surface area contributed by atoms with Gasteiger partial charge in [-0.05, 0) is 11.6 Å². The Bertz CT molecular complexity index is 328. The number of nitrogens with zero attached hydrogens (tertiary/aromatic N) is 2. The van der Waals surface area contributed by atoms with Crippen LogP contribution in [0.15, 0.2) is 0 Å². The molecular formula is C6H4Cl3N3. The van der Waals surface area contributed by atoms with Gasteiger partial charge in [-0.15, -0.1) is 11.6 Å². The average Bonchev–Trinajstić information content (AvgIpc) is 2.31. The third-order valence-corrected chi connectivity index (χ3v) is 2.46. The Morgan fingerprint density at radius 2 is 2.08 bits per heavy atom. The van der Waals surface area contributed by atoms with Crippen LogP contribution in [0.1, 0.15) is 10.9 Å². The van der Waals surface area contributed by atoms with Crippen molar-refractivity contribution in [3.8, 4) is 0 Å². The first kappa shape index (κ1) is 8.35. The summed E-state index contributed by atoms with van der Waals surface area (Å²) in [6, 6.07) is 0. The van der Waals surface area contributed by atoms with Crippen molar-refractivity contribution in [1.82, 2.24) is 9.97 Å². The number of nitrogens with one attached hydrogen (secondary N) is 1. The van der Waals surface area contributed by atoms with Crippen molar-refractivity contribution in [2.45, 2.75) is 5.38 Å². The number of hydrogen-bond acceptors (Lipinski definition) is 3. The first-order valence-electron chi connectivity index (χ1n) is 3.29. The van der Waals surface area contributed by atoms with Crippen molar-refractivity contribution in [2.75, 3.05) is 11.9 Å². The van der Waals surface area contributed by atoms with Crippen LogP contribution in [0.2, 0.25) is 10.4 Å². The van der Waals surface area contributed by atoms with Gasteiger partial charge in [-0.1, -0.05) is 11.6 Å². The largest absolute Gasteiger partial charge is 0.368 e. The Hall–Kier alpha value is -0.250. The van der Waals surface area contributed by atoms with E-state index in [9.17, 15) is 0 Å². The minimum atomic E-state index is -0.162. The van der Waals surface area contributed by atoms with Gasteiger partial charge in [0.2, 0.25) is 5.28 Å². The van der Waals surface area contributed by atoms with E-state index in [-0.39, 0.29) is 10.7 Å². The molecule has 2 rings (SSSR count). The van der Waals surface area contributed by atoms with E-state index in [1.807, 2.05) is 0 Å². The molecule has 0 saturated carbocycles. The van der Waals surface area contributed by atoms with E-state index in [1.165, 1.54) is 0 Å². The fourth-order valence-electron chi connectivity index (χ4n) is 1.12. The molecule has 0 amide bonds. The SMILES string of the molecule is Clc1nc(Cl)c2c(n1)NCC2Cl. The Morgan fingerprint density at radius 1 is 1.33 bits per heavy atom. The van der Waals surface area contributed by atoms with Crippen molar-refractivity contribution in [1.29, 1.82) is 0 Å². The topological polar surface area (TPSA) is 37.8 Å². The zero-order chi connectivity index (χ0) is 8.72. The lowest BCUT2D eigenvalue weighted by Crippen LogP contribution is -1.94. The molecule has 1 aliphatic rings. The fraction of sp³-hybridized carbons (Fsp3) is 0.333. The molecule has 0 radical (unpaired) electrons. The van der Waals surface area contributed by atoms with Gasteiger partial charge in [0.05, 0.1) is 10.9 Å². The number of anilines is 1. The van der Waals surface area contributed by atoms with Crippen molar-refractivity contribution < 1.29 is 0 Å². The Kier molecular flexibility index (Phi) is 2.02. The van der Waals surface area contributed by atoms with E-state index in [0.717, 1.165) is 5.56 Å². The minimum Gasteiger partial charge on any atom is -0.368 e. The second kappa shape index (κ2) is 2.91. The lowest BCUT2D eigenvalue weighted by atomic mass is 10.3. The molecule has 0 fully saturated rings. The smallest absolute Gasteiger partial charge is 0.225 e. The molecule has 1 aromatic heterocycles. The summed E-state index contributed by atoms with van der Waals surface area (Å²) in [7, 11) is 0. The minimum absolute atomic E-state index is 0.136. The molecule has 6 heteroatoms. The van der Waals surface area contributed by atoms with Crippen LogP contribution in [0.3, 0.4) is 0 Å². The summed E-state index contributed by atoms with van der Waals surface area (Å²) in [5.74, 6) is 0.639. The maximum Gasteiger partial charge on any atom is 0.225 e. The quantitative estimate of drug-likeness (QED) is 0.418. The number of hydrogen-bond donors (Lipinski definition) is 1. The summed E-state index contributed by atoms with van der Waals surface area (Å²) in [5.41, 5.74) is 0.739. The van der Waals surface area contributed by atoms with Gasteiger partial charge in [0.1, 0.15) is 11.0 Å². The lowest BCUT2D eigenvalue weighted by molar-refractivity contribution is 1.04. The Labute approximate surface area is 84.1 Å². The molecule has 1 atom stereocenters. The van der Waals surface area contributed by atoms with Crippen LogP contribution in [0.5, 0.6) is 0 Å². The second-order valence-corrected chi connectivity index (χ2v) is 3.62. The number of alkyl halides is 1. The summed E-state index contributed by atoms with van der Waals surface area (Å²) < 4.78 is 0. The van der Waals surface area contributed by atoms with Crippen molar-refractivity contribution in [3.63, 3.8) is 0 Å². The molecule has 1 aromatic rings. The zero-order valence-corrected chi connectivity index (χ0v) is 8.08. The van der Waals surface area contributed by atoms with Gasteiger partial charge in [0, 0.05) is 6.54 Å². The van der Waals surface area contributed by atoms with Crippen LogP contribution in [0, 0.1) is 0 Å². The second-order valence-electron chi connectivity index (χ2n) is 2.39. The molecule has 1 unspecified atom stereocenters. The molecule has 64 valence electrons. The molecule has 2 heterocycles. The third-order valence-electron chi connectivity index (χ3n) is 1.63. The highest BCUT2D eigenvalue weighted by Crippen LogP contribution is 2.37. The van der Waals surface area contributed by atoms with Crippen molar-refractivity contribution in [3.05, 3.63) is 16.0 Å². The maximum atomic E-state index is 5.93. The van der Waals surface area contributed by atoms with Crippen molar-refractivity contribution >= 4 is 40.6 Å². The molecule has 0 aliphatic carbocycles. The highest BCUT2D eigenvalue weighted by atomic mass is 35.5. The molecule has 0 spiro atoms. The van der Waals surface area contributed by atoms with E-state index in [0.29, 0.717) is 17.5 Å². The predicted octanol–water partition coefficient (Wildman–Crippen LogP) is 2.49. The van der Waals surface area contributed by atoms with E-state index < -0.39 is 0 Å². The summed E-state index contributed by atoms with van der Waals surface area (Å²) in [4.78, 5) is 7.73. The van der Waals surface area contributed by atoms with Gasteiger partial charge in [-0.3, -0.25) is 0 Å². The van der Waals surface area contributed by atoms with Crippen LogP contribution < -0.4 is 5.32 Å². The number of halogens is 3. The molecule has 1 N–H and O–H groups in total. The number of rotatable bonds is 0. The normalized spacial score (nSPS) is 20.4.